The van der Waals surface area contributed by atoms with Gasteiger partial charge in [-0.3, -0.25) is 9.52 Å². The third-order valence-corrected chi connectivity index (χ3v) is 4.98. The van der Waals surface area contributed by atoms with E-state index < -0.39 is 15.8 Å². The maximum Gasteiger partial charge on any atom is 0.262 e. The molecule has 122 valence electrons. The zero-order valence-electron chi connectivity index (χ0n) is 12.4. The summed E-state index contributed by atoms with van der Waals surface area (Å²) in [5.74, 6) is -1.05. The molecular weight excluding hydrogens is 343 g/mol. The van der Waals surface area contributed by atoms with Crippen LogP contribution >= 0.6 is 11.6 Å². The van der Waals surface area contributed by atoms with E-state index in [2.05, 4.69) is 10.0 Å². The second-order valence-corrected chi connectivity index (χ2v) is 6.85. The summed E-state index contributed by atoms with van der Waals surface area (Å²) in [6, 6.07) is 7.65. The van der Waals surface area contributed by atoms with Gasteiger partial charge in [0, 0.05) is 12.6 Å². The Morgan fingerprint density at radius 3 is 2.52 bits per heavy atom. The maximum absolute atomic E-state index is 13.3. The Morgan fingerprint density at radius 2 is 1.87 bits per heavy atom. The summed E-state index contributed by atoms with van der Waals surface area (Å²) in [5, 5.41) is 2.55. The van der Waals surface area contributed by atoms with E-state index in [1.54, 1.807) is 6.92 Å². The smallest absolute Gasteiger partial charge is 0.262 e. The van der Waals surface area contributed by atoms with Crippen LogP contribution in [0.3, 0.4) is 0 Å². The van der Waals surface area contributed by atoms with Crippen LogP contribution in [-0.4, -0.2) is 21.4 Å². The van der Waals surface area contributed by atoms with E-state index in [4.69, 9.17) is 11.6 Å². The number of nitrogens with one attached hydrogen (secondary N) is 2. The average molecular weight is 357 g/mol. The number of carbonyl (C=O) groups is 1. The van der Waals surface area contributed by atoms with Gasteiger partial charge in [0.25, 0.3) is 15.9 Å². The van der Waals surface area contributed by atoms with E-state index in [-0.39, 0.29) is 27.1 Å². The van der Waals surface area contributed by atoms with Gasteiger partial charge in [-0.15, -0.1) is 0 Å². The number of anilines is 1. The van der Waals surface area contributed by atoms with Crippen molar-refractivity contribution in [1.82, 2.24) is 5.32 Å². The summed E-state index contributed by atoms with van der Waals surface area (Å²) < 4.78 is 40.5. The van der Waals surface area contributed by atoms with E-state index in [0.29, 0.717) is 5.56 Å². The highest BCUT2D eigenvalue weighted by molar-refractivity contribution is 7.92. The van der Waals surface area contributed by atoms with Gasteiger partial charge in [0.1, 0.15) is 5.82 Å². The number of hydrogen-bond acceptors (Lipinski definition) is 3. The van der Waals surface area contributed by atoms with Crippen LogP contribution in [0.4, 0.5) is 10.1 Å². The van der Waals surface area contributed by atoms with Crippen LogP contribution in [0.2, 0.25) is 5.02 Å². The third-order valence-electron chi connectivity index (χ3n) is 3.14. The highest BCUT2D eigenvalue weighted by Gasteiger charge is 2.20. The SMILES string of the molecule is CNC(=O)c1ccc(Cl)c(NS(=O)(=O)c2cc(F)ccc2C)c1. The van der Waals surface area contributed by atoms with E-state index >= 15 is 0 Å². The molecule has 23 heavy (non-hydrogen) atoms. The fraction of sp³-hybridized carbons (Fsp3) is 0.133. The molecule has 0 spiro atoms. The second-order valence-electron chi connectivity index (χ2n) is 4.79. The summed E-state index contributed by atoms with van der Waals surface area (Å²) in [5.41, 5.74) is 0.666. The number of amides is 1. The van der Waals surface area contributed by atoms with Gasteiger partial charge in [0.15, 0.2) is 0 Å². The zero-order valence-corrected chi connectivity index (χ0v) is 13.9. The highest BCUT2D eigenvalue weighted by Crippen LogP contribution is 2.27. The van der Waals surface area contributed by atoms with Gasteiger partial charge in [0.2, 0.25) is 0 Å². The van der Waals surface area contributed by atoms with Gasteiger partial charge >= 0.3 is 0 Å². The van der Waals surface area contributed by atoms with Crippen LogP contribution in [0.25, 0.3) is 0 Å². The quantitative estimate of drug-likeness (QED) is 0.884. The van der Waals surface area contributed by atoms with Crippen molar-refractivity contribution >= 4 is 33.2 Å². The molecule has 0 aliphatic heterocycles. The minimum Gasteiger partial charge on any atom is -0.355 e. The Balaban J connectivity index is 2.45. The molecule has 0 unspecified atom stereocenters. The largest absolute Gasteiger partial charge is 0.355 e. The number of rotatable bonds is 4. The lowest BCUT2D eigenvalue weighted by Crippen LogP contribution is -2.19. The summed E-state index contributed by atoms with van der Waals surface area (Å²) in [7, 11) is -2.59. The van der Waals surface area contributed by atoms with Crippen LogP contribution in [-0.2, 0) is 10.0 Å². The van der Waals surface area contributed by atoms with Crippen molar-refractivity contribution in [3.63, 3.8) is 0 Å². The third kappa shape index (κ3) is 3.80. The van der Waals surface area contributed by atoms with Crippen molar-refractivity contribution in [3.8, 4) is 0 Å². The van der Waals surface area contributed by atoms with E-state index in [1.165, 1.54) is 37.4 Å². The first-order valence-corrected chi connectivity index (χ1v) is 8.41. The molecule has 1 amide bonds. The molecule has 0 bridgehead atoms. The number of hydrogen-bond donors (Lipinski definition) is 2. The van der Waals surface area contributed by atoms with Crippen molar-refractivity contribution < 1.29 is 17.6 Å². The number of halogens is 2. The molecule has 0 heterocycles. The maximum atomic E-state index is 13.3. The van der Waals surface area contributed by atoms with E-state index in [0.717, 1.165) is 6.07 Å². The van der Waals surface area contributed by atoms with Gasteiger partial charge in [-0.1, -0.05) is 17.7 Å². The van der Waals surface area contributed by atoms with Gasteiger partial charge in [-0.2, -0.15) is 0 Å². The normalized spacial score (nSPS) is 11.1. The molecule has 0 aliphatic rings. The molecule has 2 rings (SSSR count). The lowest BCUT2D eigenvalue weighted by atomic mass is 10.2. The van der Waals surface area contributed by atoms with Crippen LogP contribution in [0.15, 0.2) is 41.3 Å². The molecule has 0 atom stereocenters. The Bertz CT molecular complexity index is 869. The second kappa shape index (κ2) is 6.55. The van der Waals surface area contributed by atoms with Crippen LogP contribution in [0, 0.1) is 12.7 Å². The van der Waals surface area contributed by atoms with Crippen molar-refractivity contribution in [2.45, 2.75) is 11.8 Å². The first kappa shape index (κ1) is 17.2. The van der Waals surface area contributed by atoms with Gasteiger partial charge in [0.05, 0.1) is 15.6 Å². The molecule has 2 aromatic carbocycles. The molecule has 0 fully saturated rings. The number of carbonyl (C=O) groups excluding carboxylic acids is 1. The summed E-state index contributed by atoms with van der Waals surface area (Å²) >= 11 is 5.98. The van der Waals surface area contributed by atoms with Crippen molar-refractivity contribution in [1.29, 1.82) is 0 Å². The Hall–Kier alpha value is -2.12. The van der Waals surface area contributed by atoms with Gasteiger partial charge in [-0.25, -0.2) is 12.8 Å². The molecule has 5 nitrogen and oxygen atoms in total. The van der Waals surface area contributed by atoms with E-state index in [9.17, 15) is 17.6 Å². The molecule has 2 aromatic rings. The minimum atomic E-state index is -4.04. The lowest BCUT2D eigenvalue weighted by Gasteiger charge is -2.12. The first-order chi connectivity index (χ1) is 10.7. The van der Waals surface area contributed by atoms with Crippen LogP contribution in [0.5, 0.6) is 0 Å². The molecule has 0 aromatic heterocycles. The monoisotopic (exact) mass is 356 g/mol. The number of aryl methyl sites for hydroxylation is 1. The van der Waals surface area contributed by atoms with Crippen LogP contribution < -0.4 is 10.0 Å². The minimum absolute atomic E-state index is 0.0384. The Morgan fingerprint density at radius 1 is 1.17 bits per heavy atom. The van der Waals surface area contributed by atoms with Crippen molar-refractivity contribution in [3.05, 3.63) is 58.4 Å². The molecule has 2 N–H and O–H groups in total. The summed E-state index contributed by atoms with van der Waals surface area (Å²) in [6.07, 6.45) is 0. The summed E-state index contributed by atoms with van der Waals surface area (Å²) in [6.45, 7) is 1.55. The topological polar surface area (TPSA) is 75.3 Å². The van der Waals surface area contributed by atoms with Crippen LogP contribution in [0.1, 0.15) is 15.9 Å². The molecule has 0 aliphatic carbocycles. The van der Waals surface area contributed by atoms with Gasteiger partial charge in [-0.05, 0) is 42.8 Å². The molecule has 0 saturated heterocycles. The Labute approximate surface area is 138 Å². The molecule has 0 radical (unpaired) electrons. The van der Waals surface area contributed by atoms with E-state index in [1.807, 2.05) is 0 Å². The van der Waals surface area contributed by atoms with Crippen molar-refractivity contribution in [2.24, 2.45) is 0 Å². The standard InChI is InChI=1S/C15H14ClFN2O3S/c1-9-3-5-11(17)8-14(9)23(21,22)19-13-7-10(15(20)18-2)4-6-12(13)16/h3-8,19H,1-2H3,(H,18,20). The first-order valence-electron chi connectivity index (χ1n) is 6.55. The zero-order chi connectivity index (χ0) is 17.2. The molecular formula is C15H14ClFN2O3S. The molecule has 8 heteroatoms. The predicted molar refractivity (Wildman–Crippen MR) is 86.8 cm³/mol. The molecule has 0 saturated carbocycles. The average Bonchev–Trinajstić information content (AvgIpc) is 2.50. The van der Waals surface area contributed by atoms with Crippen molar-refractivity contribution in [2.75, 3.05) is 11.8 Å². The highest BCUT2D eigenvalue weighted by atomic mass is 35.5. The summed E-state index contributed by atoms with van der Waals surface area (Å²) in [4.78, 5) is 11.4. The Kier molecular flexibility index (Phi) is 4.91. The lowest BCUT2D eigenvalue weighted by molar-refractivity contribution is 0.0963. The van der Waals surface area contributed by atoms with Gasteiger partial charge < -0.3 is 5.32 Å². The number of sulfonamides is 1. The predicted octanol–water partition coefficient (Wildman–Crippen LogP) is 2.95. The fourth-order valence-electron chi connectivity index (χ4n) is 1.95. The number of benzene rings is 2. The fourth-order valence-corrected chi connectivity index (χ4v) is 3.50.